The molecule has 0 heterocycles. The van der Waals surface area contributed by atoms with Gasteiger partial charge in [-0.3, -0.25) is 9.10 Å². The van der Waals surface area contributed by atoms with E-state index >= 15 is 0 Å². The van der Waals surface area contributed by atoms with Crippen molar-refractivity contribution < 1.29 is 17.9 Å². The van der Waals surface area contributed by atoms with Gasteiger partial charge in [-0.15, -0.1) is 0 Å². The number of hydrogen-bond donors (Lipinski definition) is 1. The highest BCUT2D eigenvalue weighted by Crippen LogP contribution is 2.30. The fourth-order valence-electron chi connectivity index (χ4n) is 3.48. The fraction of sp³-hybridized carbons (Fsp3) is 0.269. The summed E-state index contributed by atoms with van der Waals surface area (Å²) in [5, 5.41) is 3.45. The van der Waals surface area contributed by atoms with E-state index in [2.05, 4.69) is 5.32 Å². The minimum Gasteiger partial charge on any atom is -0.492 e. The Labute approximate surface area is 206 Å². The maximum Gasteiger partial charge on any atom is 0.251 e. The van der Waals surface area contributed by atoms with Gasteiger partial charge in [-0.25, -0.2) is 8.42 Å². The molecule has 0 aliphatic carbocycles. The van der Waals surface area contributed by atoms with Crippen molar-refractivity contribution >= 4 is 33.2 Å². The number of para-hydroxylation sites is 1. The zero-order chi connectivity index (χ0) is 24.7. The first-order chi connectivity index (χ1) is 16.1. The first-order valence-electron chi connectivity index (χ1n) is 11.0. The summed E-state index contributed by atoms with van der Waals surface area (Å²) >= 11 is 5.85. The predicted molar refractivity (Wildman–Crippen MR) is 137 cm³/mol. The van der Waals surface area contributed by atoms with Gasteiger partial charge >= 0.3 is 0 Å². The quantitative estimate of drug-likeness (QED) is 0.386. The van der Waals surface area contributed by atoms with Gasteiger partial charge in [-0.2, -0.15) is 0 Å². The number of sulfonamides is 1. The van der Waals surface area contributed by atoms with Crippen molar-refractivity contribution in [2.45, 2.75) is 26.3 Å². The Balaban J connectivity index is 1.62. The molecule has 0 fully saturated rings. The molecule has 3 aromatic carbocycles. The molecular formula is C26H29ClN2O4S. The molecule has 8 heteroatoms. The van der Waals surface area contributed by atoms with Gasteiger partial charge in [-0.1, -0.05) is 55.8 Å². The van der Waals surface area contributed by atoms with Gasteiger partial charge in [0, 0.05) is 10.6 Å². The Bertz CT molecular complexity index is 1210. The fourth-order valence-corrected chi connectivity index (χ4v) is 4.51. The van der Waals surface area contributed by atoms with Crippen LogP contribution in [-0.2, 0) is 16.6 Å². The van der Waals surface area contributed by atoms with Crippen molar-refractivity contribution in [2.24, 2.45) is 0 Å². The molecule has 0 saturated heterocycles. The lowest BCUT2D eigenvalue weighted by Gasteiger charge is -2.26. The lowest BCUT2D eigenvalue weighted by molar-refractivity contribution is 0.0947. The second-order valence-electron chi connectivity index (χ2n) is 8.24. The highest BCUT2D eigenvalue weighted by Gasteiger charge is 2.21. The Morgan fingerprint density at radius 3 is 2.26 bits per heavy atom. The van der Waals surface area contributed by atoms with E-state index in [-0.39, 0.29) is 18.4 Å². The van der Waals surface area contributed by atoms with E-state index in [1.54, 1.807) is 48.5 Å². The summed E-state index contributed by atoms with van der Waals surface area (Å²) in [6, 6.07) is 21.5. The van der Waals surface area contributed by atoms with Crippen LogP contribution in [0.15, 0.2) is 72.8 Å². The number of nitrogens with zero attached hydrogens (tertiary/aromatic N) is 1. The van der Waals surface area contributed by atoms with Gasteiger partial charge < -0.3 is 10.1 Å². The molecule has 1 amide bonds. The minimum absolute atomic E-state index is 0.176. The summed E-state index contributed by atoms with van der Waals surface area (Å²) in [6.45, 7) is 4.92. The molecule has 6 nitrogen and oxygen atoms in total. The molecule has 0 aliphatic heterocycles. The molecule has 0 spiro atoms. The Kier molecular flexibility index (Phi) is 8.58. The van der Waals surface area contributed by atoms with Crippen molar-refractivity contribution in [1.82, 2.24) is 5.32 Å². The second kappa shape index (κ2) is 11.4. The van der Waals surface area contributed by atoms with Crippen LogP contribution in [0, 0.1) is 0 Å². The van der Waals surface area contributed by atoms with Crippen LogP contribution >= 0.6 is 11.6 Å². The van der Waals surface area contributed by atoms with Crippen molar-refractivity contribution in [3.05, 3.63) is 94.5 Å². The summed E-state index contributed by atoms with van der Waals surface area (Å²) in [7, 11) is -3.51. The largest absolute Gasteiger partial charge is 0.492 e. The molecule has 0 atom stereocenters. The average Bonchev–Trinajstić information content (AvgIpc) is 2.81. The molecule has 0 aliphatic rings. The molecular weight excluding hydrogens is 472 g/mol. The predicted octanol–water partition coefficient (Wildman–Crippen LogP) is 5.24. The number of carbonyl (C=O) groups excluding carboxylic acids is 1. The number of hydrogen-bond acceptors (Lipinski definition) is 4. The van der Waals surface area contributed by atoms with Crippen LogP contribution in [0.1, 0.15) is 41.3 Å². The molecule has 0 saturated carbocycles. The number of halogens is 1. The first-order valence-corrected chi connectivity index (χ1v) is 13.2. The maximum absolute atomic E-state index is 12.6. The number of amides is 1. The Hall–Kier alpha value is -3.03. The minimum atomic E-state index is -3.51. The highest BCUT2D eigenvalue weighted by atomic mass is 35.5. The van der Waals surface area contributed by atoms with E-state index < -0.39 is 10.0 Å². The monoisotopic (exact) mass is 500 g/mol. The molecule has 0 aromatic heterocycles. The normalized spacial score (nSPS) is 11.3. The third-order valence-corrected chi connectivity index (χ3v) is 6.62. The molecule has 180 valence electrons. The molecule has 0 bridgehead atoms. The lowest BCUT2D eigenvalue weighted by atomic mass is 10.0. The number of nitrogens with one attached hydrogen (secondary N) is 1. The Morgan fingerprint density at radius 1 is 1.00 bits per heavy atom. The van der Waals surface area contributed by atoms with Gasteiger partial charge in [0.25, 0.3) is 5.91 Å². The van der Waals surface area contributed by atoms with Crippen LogP contribution in [0.3, 0.4) is 0 Å². The smallest absolute Gasteiger partial charge is 0.251 e. The summed E-state index contributed by atoms with van der Waals surface area (Å²) in [5.41, 5.74) is 2.91. The van der Waals surface area contributed by atoms with Crippen LogP contribution in [0.25, 0.3) is 0 Å². The SMILES string of the molecule is CC(C)c1ccccc1N(Cc1ccc(C(=O)NCCOc2ccc(Cl)cc2)cc1)S(C)(=O)=O. The number of anilines is 1. The van der Waals surface area contributed by atoms with Crippen molar-refractivity contribution in [1.29, 1.82) is 0 Å². The molecule has 1 N–H and O–H groups in total. The van der Waals surface area contributed by atoms with Crippen molar-refractivity contribution in [3.63, 3.8) is 0 Å². The standard InChI is InChI=1S/C26H29ClN2O4S/c1-19(2)24-6-4-5-7-25(24)29(34(3,31)32)18-20-8-10-21(11-9-20)26(30)28-16-17-33-23-14-12-22(27)13-15-23/h4-15,19H,16-18H2,1-3H3,(H,28,30). The van der Waals surface area contributed by atoms with Crippen LogP contribution in [-0.4, -0.2) is 33.7 Å². The van der Waals surface area contributed by atoms with E-state index in [0.717, 1.165) is 11.1 Å². The van der Waals surface area contributed by atoms with Crippen LogP contribution in [0.5, 0.6) is 5.75 Å². The van der Waals surface area contributed by atoms with E-state index in [4.69, 9.17) is 16.3 Å². The van der Waals surface area contributed by atoms with Gasteiger partial charge in [0.05, 0.1) is 25.0 Å². The highest BCUT2D eigenvalue weighted by molar-refractivity contribution is 7.92. The molecule has 0 unspecified atom stereocenters. The number of carbonyl (C=O) groups is 1. The second-order valence-corrected chi connectivity index (χ2v) is 10.6. The summed E-state index contributed by atoms with van der Waals surface area (Å²) < 4.78 is 32.2. The van der Waals surface area contributed by atoms with E-state index in [0.29, 0.717) is 35.2 Å². The Morgan fingerprint density at radius 2 is 1.65 bits per heavy atom. The van der Waals surface area contributed by atoms with Crippen LogP contribution < -0.4 is 14.4 Å². The van der Waals surface area contributed by atoms with Crippen LogP contribution in [0.2, 0.25) is 5.02 Å². The first kappa shape index (κ1) is 25.6. The van der Waals surface area contributed by atoms with Crippen molar-refractivity contribution in [2.75, 3.05) is 23.7 Å². The van der Waals surface area contributed by atoms with E-state index in [1.165, 1.54) is 10.6 Å². The summed E-state index contributed by atoms with van der Waals surface area (Å²) in [5.74, 6) is 0.629. The summed E-state index contributed by atoms with van der Waals surface area (Å²) in [4.78, 5) is 12.4. The number of rotatable bonds is 10. The third-order valence-electron chi connectivity index (χ3n) is 5.24. The number of benzene rings is 3. The van der Waals surface area contributed by atoms with Gasteiger partial charge in [0.15, 0.2) is 0 Å². The van der Waals surface area contributed by atoms with Gasteiger partial charge in [0.1, 0.15) is 12.4 Å². The average molecular weight is 501 g/mol. The molecule has 34 heavy (non-hydrogen) atoms. The zero-order valence-electron chi connectivity index (χ0n) is 19.5. The molecule has 3 aromatic rings. The van der Waals surface area contributed by atoms with E-state index in [1.807, 2.05) is 38.1 Å². The zero-order valence-corrected chi connectivity index (χ0v) is 21.1. The molecule has 0 radical (unpaired) electrons. The van der Waals surface area contributed by atoms with Crippen molar-refractivity contribution in [3.8, 4) is 5.75 Å². The molecule has 3 rings (SSSR count). The maximum atomic E-state index is 12.6. The third kappa shape index (κ3) is 6.98. The van der Waals surface area contributed by atoms with E-state index in [9.17, 15) is 13.2 Å². The lowest BCUT2D eigenvalue weighted by Crippen LogP contribution is -2.30. The summed E-state index contributed by atoms with van der Waals surface area (Å²) in [6.07, 6.45) is 1.21. The van der Waals surface area contributed by atoms with Crippen LogP contribution in [0.4, 0.5) is 5.69 Å². The topological polar surface area (TPSA) is 75.7 Å². The van der Waals surface area contributed by atoms with Gasteiger partial charge in [0.2, 0.25) is 10.0 Å². The van der Waals surface area contributed by atoms with Gasteiger partial charge in [-0.05, 0) is 59.5 Å². The number of ether oxygens (including phenoxy) is 1.